The van der Waals surface area contributed by atoms with Crippen LogP contribution in [-0.2, 0) is 11.3 Å². The van der Waals surface area contributed by atoms with Gasteiger partial charge in [-0.05, 0) is 49.4 Å². The highest BCUT2D eigenvalue weighted by Gasteiger charge is 2.25. The molecule has 0 saturated heterocycles. The molecule has 0 unspecified atom stereocenters. The molecule has 0 spiro atoms. The molecule has 0 saturated carbocycles. The van der Waals surface area contributed by atoms with Gasteiger partial charge < -0.3 is 14.8 Å². The van der Waals surface area contributed by atoms with Crippen LogP contribution in [0.3, 0.4) is 0 Å². The number of nitrogens with one attached hydrogen (secondary N) is 1. The quantitative estimate of drug-likeness (QED) is 0.585. The van der Waals surface area contributed by atoms with Crippen molar-refractivity contribution in [1.29, 1.82) is 0 Å². The van der Waals surface area contributed by atoms with Gasteiger partial charge in [-0.25, -0.2) is 0 Å². The Morgan fingerprint density at radius 3 is 2.23 bits per heavy atom. The second-order valence-electron chi connectivity index (χ2n) is 7.27. The van der Waals surface area contributed by atoms with Gasteiger partial charge in [0.25, 0.3) is 0 Å². The van der Waals surface area contributed by atoms with Gasteiger partial charge in [0.15, 0.2) is 11.5 Å². The van der Waals surface area contributed by atoms with Crippen LogP contribution in [0.25, 0.3) is 0 Å². The summed E-state index contributed by atoms with van der Waals surface area (Å²) in [6.07, 6.45) is 0. The largest absolute Gasteiger partial charge is 0.493 e. The zero-order valence-electron chi connectivity index (χ0n) is 17.9. The van der Waals surface area contributed by atoms with Crippen LogP contribution < -0.4 is 14.8 Å². The number of carbonyl (C=O) groups excluding carboxylic acids is 1. The summed E-state index contributed by atoms with van der Waals surface area (Å²) in [5.74, 6) is 1.28. The molecule has 0 aliphatic heterocycles. The first-order valence-electron chi connectivity index (χ1n) is 9.85. The fourth-order valence-electron chi connectivity index (χ4n) is 3.45. The Hall–Kier alpha value is -3.31. The van der Waals surface area contributed by atoms with Gasteiger partial charge in [0, 0.05) is 12.2 Å². The molecule has 1 N–H and O–H groups in total. The third-order valence-electron chi connectivity index (χ3n) is 5.00. The van der Waals surface area contributed by atoms with Crippen molar-refractivity contribution in [2.24, 2.45) is 0 Å². The third-order valence-corrected chi connectivity index (χ3v) is 5.00. The standard InChI is InChI=1S/C25H28N2O3/c1-18-10-13-21(14-11-18)26-25(28)24(20-8-6-5-7-9-20)27(2)17-19-12-15-22(29-3)23(16-19)30-4/h5-16,24H,17H2,1-4H3,(H,26,28)/t24-/m1/s1. The van der Waals surface area contributed by atoms with Gasteiger partial charge in [0.1, 0.15) is 6.04 Å². The van der Waals surface area contributed by atoms with Gasteiger partial charge in [-0.3, -0.25) is 9.69 Å². The summed E-state index contributed by atoms with van der Waals surface area (Å²) in [6, 6.07) is 23.0. The lowest BCUT2D eigenvalue weighted by Crippen LogP contribution is -2.34. The average Bonchev–Trinajstić information content (AvgIpc) is 2.76. The highest BCUT2D eigenvalue weighted by molar-refractivity contribution is 5.95. The van der Waals surface area contributed by atoms with Crippen molar-refractivity contribution >= 4 is 11.6 Å². The van der Waals surface area contributed by atoms with E-state index < -0.39 is 6.04 Å². The second-order valence-corrected chi connectivity index (χ2v) is 7.27. The fraction of sp³-hybridized carbons (Fsp3) is 0.240. The molecule has 1 atom stereocenters. The van der Waals surface area contributed by atoms with Crippen molar-refractivity contribution in [1.82, 2.24) is 4.90 Å². The van der Waals surface area contributed by atoms with E-state index in [9.17, 15) is 4.79 Å². The maximum Gasteiger partial charge on any atom is 0.246 e. The van der Waals surface area contributed by atoms with Crippen LogP contribution in [0.1, 0.15) is 22.7 Å². The summed E-state index contributed by atoms with van der Waals surface area (Å²) >= 11 is 0. The SMILES string of the molecule is COc1ccc(CN(C)[C@@H](C(=O)Nc2ccc(C)cc2)c2ccccc2)cc1OC. The lowest BCUT2D eigenvalue weighted by Gasteiger charge is -2.28. The van der Waals surface area contributed by atoms with Crippen LogP contribution in [0, 0.1) is 6.92 Å². The Balaban J connectivity index is 1.84. The van der Waals surface area contributed by atoms with Crippen LogP contribution in [0.15, 0.2) is 72.8 Å². The molecular formula is C25H28N2O3. The number of rotatable bonds is 8. The number of carbonyl (C=O) groups is 1. The fourth-order valence-corrected chi connectivity index (χ4v) is 3.45. The van der Waals surface area contributed by atoms with Crippen molar-refractivity contribution in [3.8, 4) is 11.5 Å². The van der Waals surface area contributed by atoms with Gasteiger partial charge in [-0.1, -0.05) is 54.1 Å². The Kier molecular flexibility index (Phi) is 7.09. The van der Waals surface area contributed by atoms with E-state index in [1.54, 1.807) is 14.2 Å². The van der Waals surface area contributed by atoms with Crippen LogP contribution in [0.5, 0.6) is 11.5 Å². The van der Waals surface area contributed by atoms with Crippen LogP contribution in [0.2, 0.25) is 0 Å². The first-order chi connectivity index (χ1) is 14.5. The molecule has 30 heavy (non-hydrogen) atoms. The maximum atomic E-state index is 13.3. The van der Waals surface area contributed by atoms with Gasteiger partial charge >= 0.3 is 0 Å². The van der Waals surface area contributed by atoms with Crippen molar-refractivity contribution in [3.63, 3.8) is 0 Å². The number of anilines is 1. The number of likely N-dealkylation sites (N-methyl/N-ethyl adjacent to an activating group) is 1. The summed E-state index contributed by atoms with van der Waals surface area (Å²) in [5.41, 5.74) is 3.90. The van der Waals surface area contributed by atoms with Gasteiger partial charge in [0.2, 0.25) is 5.91 Å². The number of ether oxygens (including phenoxy) is 2. The summed E-state index contributed by atoms with van der Waals surface area (Å²) in [4.78, 5) is 15.3. The predicted molar refractivity (Wildman–Crippen MR) is 120 cm³/mol. The molecule has 0 radical (unpaired) electrons. The normalized spacial score (nSPS) is 11.8. The number of amides is 1. The van der Waals surface area contributed by atoms with Crippen LogP contribution in [0.4, 0.5) is 5.69 Å². The molecule has 3 rings (SSSR count). The number of nitrogens with zero attached hydrogens (tertiary/aromatic N) is 1. The summed E-state index contributed by atoms with van der Waals surface area (Å²) in [6.45, 7) is 2.59. The first kappa shape index (κ1) is 21.4. The number of hydrogen-bond acceptors (Lipinski definition) is 4. The molecular weight excluding hydrogens is 376 g/mol. The van der Waals surface area contributed by atoms with E-state index in [1.807, 2.05) is 91.7 Å². The van der Waals surface area contributed by atoms with E-state index >= 15 is 0 Å². The summed E-state index contributed by atoms with van der Waals surface area (Å²) in [5, 5.41) is 3.05. The molecule has 5 nitrogen and oxygen atoms in total. The van der Waals surface area contributed by atoms with Crippen molar-refractivity contribution in [2.45, 2.75) is 19.5 Å². The van der Waals surface area contributed by atoms with E-state index in [0.717, 1.165) is 22.4 Å². The van der Waals surface area contributed by atoms with Crippen molar-refractivity contribution < 1.29 is 14.3 Å². The maximum absolute atomic E-state index is 13.3. The monoisotopic (exact) mass is 404 g/mol. The van der Waals surface area contributed by atoms with Crippen molar-refractivity contribution in [2.75, 3.05) is 26.6 Å². The third kappa shape index (κ3) is 5.19. The van der Waals surface area contributed by atoms with Crippen LogP contribution in [-0.4, -0.2) is 32.1 Å². The molecule has 0 heterocycles. The lowest BCUT2D eigenvalue weighted by atomic mass is 10.0. The zero-order chi connectivity index (χ0) is 21.5. The molecule has 0 aromatic heterocycles. The topological polar surface area (TPSA) is 50.8 Å². The minimum atomic E-state index is -0.444. The summed E-state index contributed by atoms with van der Waals surface area (Å²) < 4.78 is 10.7. The highest BCUT2D eigenvalue weighted by Crippen LogP contribution is 2.29. The minimum Gasteiger partial charge on any atom is -0.493 e. The molecule has 1 amide bonds. The molecule has 0 fully saturated rings. The zero-order valence-corrected chi connectivity index (χ0v) is 17.9. The Bertz CT molecular complexity index is 971. The number of methoxy groups -OCH3 is 2. The first-order valence-corrected chi connectivity index (χ1v) is 9.85. The molecule has 0 aliphatic rings. The Morgan fingerprint density at radius 1 is 0.933 bits per heavy atom. The number of benzene rings is 3. The van der Waals surface area contributed by atoms with Crippen LogP contribution >= 0.6 is 0 Å². The van der Waals surface area contributed by atoms with E-state index in [0.29, 0.717) is 18.0 Å². The molecule has 3 aromatic rings. The van der Waals surface area contributed by atoms with Gasteiger partial charge in [-0.15, -0.1) is 0 Å². The molecule has 5 heteroatoms. The molecule has 3 aromatic carbocycles. The lowest BCUT2D eigenvalue weighted by molar-refractivity contribution is -0.121. The van der Waals surface area contributed by atoms with E-state index in [2.05, 4.69) is 5.32 Å². The molecule has 0 bridgehead atoms. The predicted octanol–water partition coefficient (Wildman–Crippen LogP) is 4.82. The van der Waals surface area contributed by atoms with Gasteiger partial charge in [0.05, 0.1) is 14.2 Å². The second kappa shape index (κ2) is 9.94. The number of hydrogen-bond donors (Lipinski definition) is 1. The average molecular weight is 405 g/mol. The van der Waals surface area contributed by atoms with E-state index in [1.165, 1.54) is 0 Å². The Labute approximate surface area is 178 Å². The van der Waals surface area contributed by atoms with Crippen molar-refractivity contribution in [3.05, 3.63) is 89.5 Å². The molecule has 156 valence electrons. The van der Waals surface area contributed by atoms with E-state index in [4.69, 9.17) is 9.47 Å². The Morgan fingerprint density at radius 2 is 1.60 bits per heavy atom. The highest BCUT2D eigenvalue weighted by atomic mass is 16.5. The molecule has 0 aliphatic carbocycles. The number of aryl methyl sites for hydroxylation is 1. The van der Waals surface area contributed by atoms with E-state index in [-0.39, 0.29) is 5.91 Å². The summed E-state index contributed by atoms with van der Waals surface area (Å²) in [7, 11) is 5.18. The minimum absolute atomic E-state index is 0.0759. The smallest absolute Gasteiger partial charge is 0.246 e. The van der Waals surface area contributed by atoms with Gasteiger partial charge in [-0.2, -0.15) is 0 Å².